The van der Waals surface area contributed by atoms with Crippen LogP contribution >= 0.6 is 11.6 Å². The van der Waals surface area contributed by atoms with Crippen molar-refractivity contribution in [2.45, 2.75) is 6.10 Å². The van der Waals surface area contributed by atoms with Gasteiger partial charge in [-0.3, -0.25) is 4.79 Å². The van der Waals surface area contributed by atoms with E-state index in [-0.39, 0.29) is 5.57 Å². The van der Waals surface area contributed by atoms with E-state index in [1.807, 2.05) is 18.2 Å². The summed E-state index contributed by atoms with van der Waals surface area (Å²) in [6.07, 6.45) is -1.06. The second-order valence-corrected chi connectivity index (χ2v) is 4.74. The fourth-order valence-corrected chi connectivity index (χ4v) is 1.83. The van der Waals surface area contributed by atoms with Crippen LogP contribution in [0.25, 0.3) is 0 Å². The van der Waals surface area contributed by atoms with Gasteiger partial charge in [0.2, 0.25) is 0 Å². The summed E-state index contributed by atoms with van der Waals surface area (Å²) in [4.78, 5) is 12.0. The van der Waals surface area contributed by atoms with E-state index in [1.165, 1.54) is 0 Å². The summed E-state index contributed by atoms with van der Waals surface area (Å²) in [5.41, 5.74) is 1.31. The molecule has 3 nitrogen and oxygen atoms in total. The molecule has 0 heterocycles. The summed E-state index contributed by atoms with van der Waals surface area (Å²) < 4.78 is 0. The molecule has 1 unspecified atom stereocenters. The van der Waals surface area contributed by atoms with Crippen molar-refractivity contribution in [3.8, 4) is 0 Å². The van der Waals surface area contributed by atoms with Crippen molar-refractivity contribution in [3.05, 3.63) is 77.3 Å². The number of aliphatic hydroxyl groups is 1. The van der Waals surface area contributed by atoms with E-state index in [0.717, 1.165) is 0 Å². The van der Waals surface area contributed by atoms with E-state index in [4.69, 9.17) is 11.6 Å². The standard InChI is InChI=1S/C16H14ClNO2/c1-11(15(19)12-7-9-13(17)10-8-12)16(20)18-14-5-3-2-4-6-14/h2-10,15,19H,1H2,(H,18,20). The molecule has 20 heavy (non-hydrogen) atoms. The summed E-state index contributed by atoms with van der Waals surface area (Å²) in [5.74, 6) is -0.418. The van der Waals surface area contributed by atoms with Gasteiger partial charge in [-0.15, -0.1) is 0 Å². The summed E-state index contributed by atoms with van der Waals surface area (Å²) in [6.45, 7) is 3.65. The van der Waals surface area contributed by atoms with Crippen molar-refractivity contribution in [1.29, 1.82) is 0 Å². The van der Waals surface area contributed by atoms with Crippen LogP contribution in [0.1, 0.15) is 11.7 Å². The fraction of sp³-hybridized carbons (Fsp3) is 0.0625. The Kier molecular flexibility index (Phi) is 4.56. The molecule has 1 amide bonds. The molecule has 0 aliphatic heterocycles. The summed E-state index contributed by atoms with van der Waals surface area (Å²) in [6, 6.07) is 15.6. The van der Waals surface area contributed by atoms with Crippen LogP contribution < -0.4 is 5.32 Å². The first-order valence-corrected chi connectivity index (χ1v) is 6.44. The molecule has 0 aliphatic carbocycles. The molecule has 4 heteroatoms. The molecule has 0 fully saturated rings. The Balaban J connectivity index is 2.06. The molecule has 2 N–H and O–H groups in total. The molecule has 102 valence electrons. The second-order valence-electron chi connectivity index (χ2n) is 4.30. The van der Waals surface area contributed by atoms with Crippen LogP contribution in [0.2, 0.25) is 5.02 Å². The van der Waals surface area contributed by atoms with Gasteiger partial charge in [0.25, 0.3) is 5.91 Å². The highest BCUT2D eigenvalue weighted by Gasteiger charge is 2.18. The zero-order valence-electron chi connectivity index (χ0n) is 10.7. The van der Waals surface area contributed by atoms with Crippen LogP contribution in [0.3, 0.4) is 0 Å². The Morgan fingerprint density at radius 3 is 2.30 bits per heavy atom. The van der Waals surface area contributed by atoms with Crippen molar-refractivity contribution in [2.24, 2.45) is 0 Å². The van der Waals surface area contributed by atoms with E-state index in [0.29, 0.717) is 16.3 Å². The number of benzene rings is 2. The van der Waals surface area contributed by atoms with Gasteiger partial charge in [0.05, 0.1) is 0 Å². The number of carbonyl (C=O) groups excluding carboxylic acids is 1. The van der Waals surface area contributed by atoms with Crippen molar-refractivity contribution in [3.63, 3.8) is 0 Å². The highest BCUT2D eigenvalue weighted by Crippen LogP contribution is 2.23. The van der Waals surface area contributed by atoms with Crippen LogP contribution in [-0.2, 0) is 4.79 Å². The Bertz CT molecular complexity index is 608. The summed E-state index contributed by atoms with van der Waals surface area (Å²) in [7, 11) is 0. The highest BCUT2D eigenvalue weighted by atomic mass is 35.5. The van der Waals surface area contributed by atoms with E-state index in [2.05, 4.69) is 11.9 Å². The number of rotatable bonds is 4. The van der Waals surface area contributed by atoms with Gasteiger partial charge < -0.3 is 10.4 Å². The number of hydrogen-bond acceptors (Lipinski definition) is 2. The van der Waals surface area contributed by atoms with Gasteiger partial charge in [0.15, 0.2) is 0 Å². The predicted molar refractivity (Wildman–Crippen MR) is 80.6 cm³/mol. The maximum Gasteiger partial charge on any atom is 0.253 e. The van der Waals surface area contributed by atoms with Gasteiger partial charge in [-0.05, 0) is 29.8 Å². The van der Waals surface area contributed by atoms with Crippen LogP contribution in [-0.4, -0.2) is 11.0 Å². The van der Waals surface area contributed by atoms with Crippen LogP contribution in [0.4, 0.5) is 5.69 Å². The highest BCUT2D eigenvalue weighted by molar-refractivity contribution is 6.30. The number of nitrogens with one attached hydrogen (secondary N) is 1. The van der Waals surface area contributed by atoms with Gasteiger partial charge in [0.1, 0.15) is 6.10 Å². The molecule has 0 saturated heterocycles. The van der Waals surface area contributed by atoms with Gasteiger partial charge in [-0.25, -0.2) is 0 Å². The Morgan fingerprint density at radius 2 is 1.70 bits per heavy atom. The van der Waals surface area contributed by atoms with Gasteiger partial charge in [0, 0.05) is 16.3 Å². The topological polar surface area (TPSA) is 49.3 Å². The molecule has 2 aromatic carbocycles. The van der Waals surface area contributed by atoms with E-state index < -0.39 is 12.0 Å². The monoisotopic (exact) mass is 287 g/mol. The first-order valence-electron chi connectivity index (χ1n) is 6.06. The Hall–Kier alpha value is -2.10. The lowest BCUT2D eigenvalue weighted by Crippen LogP contribution is -2.18. The Morgan fingerprint density at radius 1 is 1.10 bits per heavy atom. The molecule has 2 aromatic rings. The molecular weight excluding hydrogens is 274 g/mol. The van der Waals surface area contributed by atoms with E-state index in [9.17, 15) is 9.90 Å². The summed E-state index contributed by atoms with van der Waals surface area (Å²) in [5, 5.41) is 13.4. The second kappa shape index (κ2) is 6.37. The smallest absolute Gasteiger partial charge is 0.253 e. The fourth-order valence-electron chi connectivity index (χ4n) is 1.70. The van der Waals surface area contributed by atoms with Crippen molar-refractivity contribution < 1.29 is 9.90 Å². The lowest BCUT2D eigenvalue weighted by atomic mass is 10.0. The van der Waals surface area contributed by atoms with Gasteiger partial charge in [-0.1, -0.05) is 48.5 Å². The number of aliphatic hydroxyl groups excluding tert-OH is 1. The summed E-state index contributed by atoms with van der Waals surface area (Å²) >= 11 is 5.78. The third-order valence-electron chi connectivity index (χ3n) is 2.84. The molecule has 1 atom stereocenters. The minimum Gasteiger partial charge on any atom is -0.383 e. The van der Waals surface area contributed by atoms with Crippen molar-refractivity contribution in [2.75, 3.05) is 5.32 Å². The third kappa shape index (κ3) is 3.47. The molecule has 2 rings (SSSR count). The molecular formula is C16H14ClNO2. The number of amides is 1. The molecule has 0 aliphatic rings. The lowest BCUT2D eigenvalue weighted by Gasteiger charge is -2.14. The molecule has 0 bridgehead atoms. The number of para-hydroxylation sites is 1. The molecule has 0 spiro atoms. The minimum atomic E-state index is -1.06. The number of hydrogen-bond donors (Lipinski definition) is 2. The first-order chi connectivity index (χ1) is 9.58. The molecule has 0 saturated carbocycles. The minimum absolute atomic E-state index is 0.0798. The first kappa shape index (κ1) is 14.3. The number of halogens is 1. The Labute approximate surface area is 122 Å². The van der Waals surface area contributed by atoms with Gasteiger partial charge >= 0.3 is 0 Å². The SMILES string of the molecule is C=C(C(=O)Nc1ccccc1)C(O)c1ccc(Cl)cc1. The maximum atomic E-state index is 12.0. The van der Waals surface area contributed by atoms with Crippen LogP contribution in [0.5, 0.6) is 0 Å². The van der Waals surface area contributed by atoms with Crippen molar-refractivity contribution >= 4 is 23.2 Å². The van der Waals surface area contributed by atoms with Gasteiger partial charge in [-0.2, -0.15) is 0 Å². The van der Waals surface area contributed by atoms with Crippen LogP contribution in [0.15, 0.2) is 66.7 Å². The van der Waals surface area contributed by atoms with Crippen LogP contribution in [0, 0.1) is 0 Å². The molecule has 0 radical (unpaired) electrons. The van der Waals surface area contributed by atoms with E-state index in [1.54, 1.807) is 36.4 Å². The van der Waals surface area contributed by atoms with E-state index >= 15 is 0 Å². The third-order valence-corrected chi connectivity index (χ3v) is 3.09. The lowest BCUT2D eigenvalue weighted by molar-refractivity contribution is -0.113. The zero-order valence-corrected chi connectivity index (χ0v) is 11.5. The number of carbonyl (C=O) groups is 1. The van der Waals surface area contributed by atoms with Crippen molar-refractivity contribution in [1.82, 2.24) is 0 Å². The normalized spacial score (nSPS) is 11.7. The largest absolute Gasteiger partial charge is 0.383 e. The maximum absolute atomic E-state index is 12.0. The predicted octanol–water partition coefficient (Wildman–Crippen LogP) is 3.57. The quantitative estimate of drug-likeness (QED) is 0.845. The average Bonchev–Trinajstić information content (AvgIpc) is 2.47. The average molecular weight is 288 g/mol. The molecule has 0 aromatic heterocycles. The number of anilines is 1. The zero-order chi connectivity index (χ0) is 14.5.